The maximum Gasteiger partial charge on any atom is 0.387 e. The highest BCUT2D eigenvalue weighted by atomic mass is 19.3. The van der Waals surface area contributed by atoms with Gasteiger partial charge in [-0.15, -0.1) is 0 Å². The molecule has 0 saturated carbocycles. The smallest absolute Gasteiger partial charge is 0.387 e. The fraction of sp³-hybridized carbons (Fsp3) is 0.533. The van der Waals surface area contributed by atoms with E-state index in [-0.39, 0.29) is 12.3 Å². The maximum atomic E-state index is 12.1. The zero-order valence-electron chi connectivity index (χ0n) is 12.9. The number of benzene rings is 1. The number of rotatable bonds is 9. The molecule has 0 amide bonds. The summed E-state index contributed by atoms with van der Waals surface area (Å²) in [5.41, 5.74) is 0.537. The van der Waals surface area contributed by atoms with E-state index in [9.17, 15) is 18.3 Å². The number of hydrogen-bond acceptors (Lipinski definition) is 3. The van der Waals surface area contributed by atoms with Gasteiger partial charge in [0.25, 0.3) is 0 Å². The van der Waals surface area contributed by atoms with Crippen molar-refractivity contribution in [2.75, 3.05) is 26.3 Å². The molecule has 0 radical (unpaired) electrons. The molecule has 0 aliphatic rings. The van der Waals surface area contributed by atoms with Crippen LogP contribution in [0, 0.1) is 0 Å². The Morgan fingerprint density at radius 1 is 1.26 bits per heavy atom. The van der Waals surface area contributed by atoms with Gasteiger partial charge in [-0.05, 0) is 31.0 Å². The Balaban J connectivity index is 2.57. The van der Waals surface area contributed by atoms with Crippen molar-refractivity contribution in [1.82, 2.24) is 10.6 Å². The van der Waals surface area contributed by atoms with Crippen LogP contribution in [0.1, 0.15) is 25.0 Å². The number of nitrogens with zero attached hydrogens (tertiary/aromatic N) is 1. The molecule has 0 heterocycles. The second kappa shape index (κ2) is 10.7. The van der Waals surface area contributed by atoms with Gasteiger partial charge in [0.2, 0.25) is 0 Å². The van der Waals surface area contributed by atoms with Crippen molar-refractivity contribution in [2.45, 2.75) is 26.1 Å². The summed E-state index contributed by atoms with van der Waals surface area (Å²) in [6, 6.07) is 5.72. The molecule has 1 atom stereocenters. The number of halogens is 3. The monoisotopic (exact) mass is 333 g/mol. The van der Waals surface area contributed by atoms with E-state index in [0.29, 0.717) is 31.0 Å². The standard InChI is InChI=1S/C15H22F3N3O2/c1-2-19-15(20-9-3-8-16)21-10-13(22)11-4-6-12(7-5-11)23-14(17)18/h4-7,13-14,22H,2-3,8-10H2,1H3,(H2,19,20,21). The Labute approximate surface area is 133 Å². The highest BCUT2D eigenvalue weighted by molar-refractivity contribution is 5.79. The van der Waals surface area contributed by atoms with Crippen molar-refractivity contribution in [1.29, 1.82) is 0 Å². The number of hydrogen-bond donors (Lipinski definition) is 3. The van der Waals surface area contributed by atoms with E-state index < -0.39 is 19.4 Å². The van der Waals surface area contributed by atoms with Gasteiger partial charge in [-0.2, -0.15) is 8.78 Å². The van der Waals surface area contributed by atoms with Crippen LogP contribution in [0.3, 0.4) is 0 Å². The van der Waals surface area contributed by atoms with E-state index in [0.717, 1.165) is 0 Å². The van der Waals surface area contributed by atoms with Gasteiger partial charge in [0, 0.05) is 13.1 Å². The average molecular weight is 333 g/mol. The molecule has 1 unspecified atom stereocenters. The fourth-order valence-corrected chi connectivity index (χ4v) is 1.77. The summed E-state index contributed by atoms with van der Waals surface area (Å²) in [6.07, 6.45) is -0.509. The molecule has 130 valence electrons. The Hall–Kier alpha value is -1.96. The van der Waals surface area contributed by atoms with Gasteiger partial charge in [-0.1, -0.05) is 12.1 Å². The van der Waals surface area contributed by atoms with Crippen LogP contribution >= 0.6 is 0 Å². The van der Waals surface area contributed by atoms with Crippen LogP contribution in [0.4, 0.5) is 13.2 Å². The lowest BCUT2D eigenvalue weighted by molar-refractivity contribution is -0.0498. The second-order valence-electron chi connectivity index (χ2n) is 4.65. The predicted molar refractivity (Wildman–Crippen MR) is 82.6 cm³/mol. The first-order valence-corrected chi connectivity index (χ1v) is 7.37. The summed E-state index contributed by atoms with van der Waals surface area (Å²) in [6.45, 7) is -0.240. The molecule has 0 spiro atoms. The van der Waals surface area contributed by atoms with Gasteiger partial charge in [-0.3, -0.25) is 9.38 Å². The minimum Gasteiger partial charge on any atom is -0.435 e. The molecular formula is C15H22F3N3O2. The van der Waals surface area contributed by atoms with Crippen molar-refractivity contribution in [3.05, 3.63) is 29.8 Å². The maximum absolute atomic E-state index is 12.1. The zero-order valence-corrected chi connectivity index (χ0v) is 12.9. The van der Waals surface area contributed by atoms with Crippen molar-refractivity contribution in [3.8, 4) is 5.75 Å². The quantitative estimate of drug-likeness (QED) is 0.368. The molecule has 3 N–H and O–H groups in total. The minimum atomic E-state index is -2.88. The van der Waals surface area contributed by atoms with Gasteiger partial charge >= 0.3 is 6.61 Å². The number of guanidine groups is 1. The number of aliphatic hydroxyl groups excluding tert-OH is 1. The van der Waals surface area contributed by atoms with Crippen molar-refractivity contribution < 1.29 is 23.0 Å². The number of ether oxygens (including phenoxy) is 1. The summed E-state index contributed by atoms with van der Waals surface area (Å²) in [7, 11) is 0. The SMILES string of the molecule is CCNC(=NCC(O)c1ccc(OC(F)F)cc1)NCCCF. The molecule has 1 rings (SSSR count). The van der Waals surface area contributed by atoms with Gasteiger partial charge in [0.15, 0.2) is 5.96 Å². The number of aliphatic imine (C=N–C) groups is 1. The molecule has 23 heavy (non-hydrogen) atoms. The van der Waals surface area contributed by atoms with Crippen LogP contribution in [-0.2, 0) is 0 Å². The van der Waals surface area contributed by atoms with Crippen LogP contribution in [-0.4, -0.2) is 44.0 Å². The molecule has 1 aromatic rings. The summed E-state index contributed by atoms with van der Waals surface area (Å²) >= 11 is 0. The topological polar surface area (TPSA) is 65.9 Å². The Bertz CT molecular complexity index is 470. The first-order chi connectivity index (χ1) is 11.1. The highest BCUT2D eigenvalue weighted by Crippen LogP contribution is 2.19. The van der Waals surface area contributed by atoms with Gasteiger partial charge in [0.05, 0.1) is 19.3 Å². The molecule has 1 aromatic carbocycles. The van der Waals surface area contributed by atoms with E-state index in [1.165, 1.54) is 24.3 Å². The predicted octanol–water partition coefficient (Wildman–Crippen LogP) is 2.24. The molecular weight excluding hydrogens is 311 g/mol. The Kier molecular flexibility index (Phi) is 8.89. The minimum absolute atomic E-state index is 0.0284. The number of nitrogens with one attached hydrogen (secondary N) is 2. The molecule has 0 saturated heterocycles. The first kappa shape index (κ1) is 19.1. The molecule has 8 heteroatoms. The molecule has 0 aliphatic carbocycles. The third kappa shape index (κ3) is 7.73. The lowest BCUT2D eigenvalue weighted by Gasteiger charge is -2.13. The van der Waals surface area contributed by atoms with Gasteiger partial charge < -0.3 is 20.5 Å². The van der Waals surface area contributed by atoms with Crippen LogP contribution in [0.5, 0.6) is 5.75 Å². The summed E-state index contributed by atoms with van der Waals surface area (Å²) in [4.78, 5) is 4.20. The van der Waals surface area contributed by atoms with Gasteiger partial charge in [-0.25, -0.2) is 0 Å². The van der Waals surface area contributed by atoms with Crippen molar-refractivity contribution in [3.63, 3.8) is 0 Å². The number of alkyl halides is 3. The summed E-state index contributed by atoms with van der Waals surface area (Å²) in [5.74, 6) is 0.512. The van der Waals surface area contributed by atoms with Crippen molar-refractivity contribution in [2.24, 2.45) is 4.99 Å². The molecule has 0 aromatic heterocycles. The van der Waals surface area contributed by atoms with E-state index in [1.807, 2.05) is 6.92 Å². The molecule has 0 fully saturated rings. The molecule has 0 bridgehead atoms. The zero-order chi connectivity index (χ0) is 17.1. The van der Waals surface area contributed by atoms with E-state index in [2.05, 4.69) is 20.4 Å². The lowest BCUT2D eigenvalue weighted by Crippen LogP contribution is -2.38. The van der Waals surface area contributed by atoms with E-state index in [4.69, 9.17) is 0 Å². The molecule has 5 nitrogen and oxygen atoms in total. The van der Waals surface area contributed by atoms with Crippen LogP contribution < -0.4 is 15.4 Å². The van der Waals surface area contributed by atoms with Crippen LogP contribution in [0.2, 0.25) is 0 Å². The third-order valence-electron chi connectivity index (χ3n) is 2.86. The average Bonchev–Trinajstić information content (AvgIpc) is 2.52. The second-order valence-corrected chi connectivity index (χ2v) is 4.65. The summed E-state index contributed by atoms with van der Waals surface area (Å²) in [5, 5.41) is 16.0. The largest absolute Gasteiger partial charge is 0.435 e. The van der Waals surface area contributed by atoms with Crippen LogP contribution in [0.25, 0.3) is 0 Å². The third-order valence-corrected chi connectivity index (χ3v) is 2.86. The fourth-order valence-electron chi connectivity index (χ4n) is 1.77. The first-order valence-electron chi connectivity index (χ1n) is 7.37. The van der Waals surface area contributed by atoms with Crippen LogP contribution in [0.15, 0.2) is 29.3 Å². The highest BCUT2D eigenvalue weighted by Gasteiger charge is 2.09. The summed E-state index contributed by atoms with van der Waals surface area (Å²) < 4.78 is 40.4. The van der Waals surface area contributed by atoms with Gasteiger partial charge in [0.1, 0.15) is 5.75 Å². The van der Waals surface area contributed by atoms with E-state index >= 15 is 0 Å². The Morgan fingerprint density at radius 3 is 2.52 bits per heavy atom. The number of aliphatic hydroxyl groups is 1. The molecule has 0 aliphatic heterocycles. The normalized spacial score (nSPS) is 13.0. The Morgan fingerprint density at radius 2 is 1.96 bits per heavy atom. The van der Waals surface area contributed by atoms with Crippen molar-refractivity contribution >= 4 is 5.96 Å². The van der Waals surface area contributed by atoms with E-state index in [1.54, 1.807) is 0 Å². The lowest BCUT2D eigenvalue weighted by atomic mass is 10.1.